The molecule has 2 aromatic carbocycles. The molecule has 0 aliphatic heterocycles. The number of carbonyl (C=O) groups is 1. The van der Waals surface area contributed by atoms with E-state index in [9.17, 15) is 22.8 Å². The van der Waals surface area contributed by atoms with Gasteiger partial charge in [-0.3, -0.25) is 14.2 Å². The number of pyridine rings is 1. The van der Waals surface area contributed by atoms with Gasteiger partial charge in [0.25, 0.3) is 5.56 Å². The number of hydrogen-bond acceptors (Lipinski definition) is 5. The van der Waals surface area contributed by atoms with Crippen LogP contribution in [0, 0.1) is 24.4 Å². The standard InChI is InChI=1S/C27H25F3N4O2/c1-3-6-18(35)7-5-14-31-27-32-24(19-11-10-17(28)15-16(19)2)20-12-13-23(36)34(26(20)33-27)25-21(29)8-4-9-22(25)30/h4,8-13,15H,3,5-7,14H2,1-2H3,(H,31,32,33). The molecule has 0 saturated carbocycles. The Hall–Kier alpha value is -4.01. The van der Waals surface area contributed by atoms with Gasteiger partial charge in [0.15, 0.2) is 5.65 Å². The number of ketones is 1. The van der Waals surface area contributed by atoms with Crippen LogP contribution in [0.1, 0.15) is 38.2 Å². The van der Waals surface area contributed by atoms with Gasteiger partial charge in [0.1, 0.15) is 28.9 Å². The van der Waals surface area contributed by atoms with E-state index in [0.717, 1.165) is 23.1 Å². The van der Waals surface area contributed by atoms with Crippen molar-refractivity contribution in [2.45, 2.75) is 39.5 Å². The lowest BCUT2D eigenvalue weighted by Crippen LogP contribution is -2.21. The fourth-order valence-corrected chi connectivity index (χ4v) is 4.10. The van der Waals surface area contributed by atoms with E-state index in [1.54, 1.807) is 13.0 Å². The molecule has 0 aliphatic rings. The monoisotopic (exact) mass is 494 g/mol. The number of halogens is 3. The van der Waals surface area contributed by atoms with Crippen LogP contribution in [-0.4, -0.2) is 26.9 Å². The number of Topliss-reactive ketones (excluding diaryl/α,β-unsaturated/α-hetero) is 1. The molecule has 0 aliphatic carbocycles. The molecular formula is C27H25F3N4O2. The van der Waals surface area contributed by atoms with Crippen molar-refractivity contribution in [3.05, 3.63) is 81.9 Å². The SMILES string of the molecule is CCCC(=O)CCCNc1nc(-c2ccc(F)cc2C)c2ccc(=O)n(-c3c(F)cccc3F)c2n1. The third-order valence-corrected chi connectivity index (χ3v) is 5.80. The number of hydrogen-bond donors (Lipinski definition) is 1. The van der Waals surface area contributed by atoms with Gasteiger partial charge in [0, 0.05) is 36.4 Å². The first-order valence-corrected chi connectivity index (χ1v) is 11.7. The highest BCUT2D eigenvalue weighted by molar-refractivity contribution is 5.93. The quantitative estimate of drug-likeness (QED) is 0.301. The van der Waals surface area contributed by atoms with Crippen LogP contribution in [0.25, 0.3) is 28.0 Å². The fraction of sp³-hybridized carbons (Fsp3) is 0.259. The maximum absolute atomic E-state index is 14.7. The predicted octanol–water partition coefficient (Wildman–Crippen LogP) is 5.73. The van der Waals surface area contributed by atoms with E-state index < -0.39 is 28.7 Å². The van der Waals surface area contributed by atoms with Crippen LogP contribution >= 0.6 is 0 Å². The summed E-state index contributed by atoms with van der Waals surface area (Å²) in [6, 6.07) is 10.2. The van der Waals surface area contributed by atoms with E-state index in [1.807, 2.05) is 6.92 Å². The minimum Gasteiger partial charge on any atom is -0.354 e. The summed E-state index contributed by atoms with van der Waals surface area (Å²) in [5.74, 6) is -2.00. The molecule has 0 spiro atoms. The Morgan fingerprint density at radius 2 is 1.75 bits per heavy atom. The number of benzene rings is 2. The van der Waals surface area contributed by atoms with Crippen LogP contribution in [0.15, 0.2) is 53.3 Å². The normalized spacial score (nSPS) is 11.1. The number of carbonyl (C=O) groups excluding carboxylic acids is 1. The van der Waals surface area contributed by atoms with E-state index >= 15 is 0 Å². The van der Waals surface area contributed by atoms with Gasteiger partial charge in [0.05, 0.1) is 5.69 Å². The van der Waals surface area contributed by atoms with Gasteiger partial charge < -0.3 is 5.32 Å². The van der Waals surface area contributed by atoms with E-state index in [0.29, 0.717) is 48.0 Å². The van der Waals surface area contributed by atoms with Crippen molar-refractivity contribution >= 4 is 22.8 Å². The lowest BCUT2D eigenvalue weighted by molar-refractivity contribution is -0.119. The third-order valence-electron chi connectivity index (χ3n) is 5.80. The molecule has 186 valence electrons. The maximum Gasteiger partial charge on any atom is 0.256 e. The van der Waals surface area contributed by atoms with Gasteiger partial charge in [-0.2, -0.15) is 4.98 Å². The lowest BCUT2D eigenvalue weighted by Gasteiger charge is -2.16. The zero-order valence-corrected chi connectivity index (χ0v) is 19.9. The Balaban J connectivity index is 1.89. The molecule has 36 heavy (non-hydrogen) atoms. The van der Waals surface area contributed by atoms with Crippen LogP contribution in [0.2, 0.25) is 0 Å². The molecule has 9 heteroatoms. The summed E-state index contributed by atoms with van der Waals surface area (Å²) < 4.78 is 44.1. The molecule has 0 radical (unpaired) electrons. The van der Waals surface area contributed by atoms with Gasteiger partial charge in [-0.15, -0.1) is 0 Å². The second-order valence-corrected chi connectivity index (χ2v) is 8.49. The number of aromatic nitrogens is 3. The van der Waals surface area contributed by atoms with Crippen LogP contribution in [-0.2, 0) is 4.79 Å². The number of para-hydroxylation sites is 1. The molecule has 0 amide bonds. The first-order chi connectivity index (χ1) is 17.3. The average molecular weight is 495 g/mol. The Morgan fingerprint density at radius 3 is 2.44 bits per heavy atom. The highest BCUT2D eigenvalue weighted by Gasteiger charge is 2.20. The molecule has 0 saturated heterocycles. The highest BCUT2D eigenvalue weighted by atomic mass is 19.1. The first kappa shape index (κ1) is 25.1. The number of rotatable bonds is 9. The lowest BCUT2D eigenvalue weighted by atomic mass is 10.0. The topological polar surface area (TPSA) is 76.9 Å². The molecule has 0 unspecified atom stereocenters. The van der Waals surface area contributed by atoms with Gasteiger partial charge in [0.2, 0.25) is 5.95 Å². The summed E-state index contributed by atoms with van der Waals surface area (Å²) in [5.41, 5.74) is 0.287. The number of nitrogens with one attached hydrogen (secondary N) is 1. The summed E-state index contributed by atoms with van der Waals surface area (Å²) >= 11 is 0. The van der Waals surface area contributed by atoms with Gasteiger partial charge in [-0.25, -0.2) is 18.2 Å². The molecule has 2 aromatic heterocycles. The molecule has 0 bridgehead atoms. The number of aryl methyl sites for hydroxylation is 1. The minimum absolute atomic E-state index is 0.00946. The summed E-state index contributed by atoms with van der Waals surface area (Å²) in [7, 11) is 0. The summed E-state index contributed by atoms with van der Waals surface area (Å²) in [5, 5.41) is 3.41. The second kappa shape index (κ2) is 10.7. The van der Waals surface area contributed by atoms with Crippen molar-refractivity contribution in [3.63, 3.8) is 0 Å². The van der Waals surface area contributed by atoms with Crippen LogP contribution < -0.4 is 10.9 Å². The van der Waals surface area contributed by atoms with Gasteiger partial charge in [-0.05, 0) is 61.7 Å². The number of nitrogens with zero attached hydrogens (tertiary/aromatic N) is 3. The zero-order chi connectivity index (χ0) is 25.8. The van der Waals surface area contributed by atoms with E-state index in [4.69, 9.17) is 0 Å². The molecule has 1 N–H and O–H groups in total. The molecule has 2 heterocycles. The zero-order valence-electron chi connectivity index (χ0n) is 19.9. The molecular weight excluding hydrogens is 469 g/mol. The molecule has 6 nitrogen and oxygen atoms in total. The minimum atomic E-state index is -0.924. The largest absolute Gasteiger partial charge is 0.354 e. The second-order valence-electron chi connectivity index (χ2n) is 8.49. The van der Waals surface area contributed by atoms with Crippen molar-refractivity contribution in [2.75, 3.05) is 11.9 Å². The fourth-order valence-electron chi connectivity index (χ4n) is 4.10. The summed E-state index contributed by atoms with van der Waals surface area (Å²) in [6.45, 7) is 4.02. The Bertz CT molecular complexity index is 1480. The molecule has 4 aromatic rings. The van der Waals surface area contributed by atoms with Crippen LogP contribution in [0.3, 0.4) is 0 Å². The molecule has 4 rings (SSSR count). The van der Waals surface area contributed by atoms with E-state index in [1.165, 1.54) is 30.3 Å². The van der Waals surface area contributed by atoms with Crippen LogP contribution in [0.4, 0.5) is 19.1 Å². The van der Waals surface area contributed by atoms with E-state index in [2.05, 4.69) is 15.3 Å². The Morgan fingerprint density at radius 1 is 1.00 bits per heavy atom. The first-order valence-electron chi connectivity index (χ1n) is 11.7. The third kappa shape index (κ3) is 5.15. The van der Waals surface area contributed by atoms with Crippen molar-refractivity contribution in [1.82, 2.24) is 14.5 Å². The van der Waals surface area contributed by atoms with Crippen LogP contribution in [0.5, 0.6) is 0 Å². The smallest absolute Gasteiger partial charge is 0.256 e. The number of anilines is 1. The molecule has 0 atom stereocenters. The molecule has 0 fully saturated rings. The Kier molecular flexibility index (Phi) is 7.47. The van der Waals surface area contributed by atoms with Gasteiger partial charge >= 0.3 is 0 Å². The maximum atomic E-state index is 14.7. The van der Waals surface area contributed by atoms with Crippen molar-refractivity contribution in [1.29, 1.82) is 0 Å². The van der Waals surface area contributed by atoms with Gasteiger partial charge in [-0.1, -0.05) is 13.0 Å². The predicted molar refractivity (Wildman–Crippen MR) is 133 cm³/mol. The van der Waals surface area contributed by atoms with Crippen molar-refractivity contribution in [2.24, 2.45) is 0 Å². The van der Waals surface area contributed by atoms with E-state index in [-0.39, 0.29) is 17.4 Å². The highest BCUT2D eigenvalue weighted by Crippen LogP contribution is 2.31. The Labute approximate surface area is 205 Å². The average Bonchev–Trinajstić information content (AvgIpc) is 2.83. The summed E-state index contributed by atoms with van der Waals surface area (Å²) in [6.07, 6.45) is 2.23. The summed E-state index contributed by atoms with van der Waals surface area (Å²) in [4.78, 5) is 33.7. The van der Waals surface area contributed by atoms with Crippen molar-refractivity contribution < 1.29 is 18.0 Å². The number of fused-ring (bicyclic) bond motifs is 1. The van der Waals surface area contributed by atoms with Crippen molar-refractivity contribution in [3.8, 4) is 16.9 Å².